The normalized spacial score (nSPS) is 13.6. The Morgan fingerprint density at radius 3 is 2.49 bits per heavy atom. The number of fused-ring (bicyclic) bond motifs is 2. The van der Waals surface area contributed by atoms with Crippen LogP contribution in [0.1, 0.15) is 34.4 Å². The average molecular weight is 749 g/mol. The number of nitrogens with one attached hydrogen (secondary N) is 1. The van der Waals surface area contributed by atoms with Gasteiger partial charge in [0.2, 0.25) is 11.7 Å². The molecule has 2 aromatic carbocycles. The minimum absolute atomic E-state index is 0.0240. The van der Waals surface area contributed by atoms with E-state index in [9.17, 15) is 32.7 Å². The molecule has 2 amide bonds. The number of hydrogen-bond donors (Lipinski definition) is 2. The molecule has 0 radical (unpaired) electrons. The van der Waals surface area contributed by atoms with E-state index in [0.717, 1.165) is 33.6 Å². The maximum absolute atomic E-state index is 14.3. The molecule has 1 aliphatic rings. The molecule has 0 aliphatic carbocycles. The van der Waals surface area contributed by atoms with Crippen LogP contribution in [0, 0.1) is 6.92 Å². The van der Waals surface area contributed by atoms with E-state index in [1.807, 2.05) is 53.9 Å². The molecule has 7 rings (SSSR count). The Labute approximate surface area is 304 Å². The van der Waals surface area contributed by atoms with E-state index in [-0.39, 0.29) is 77.7 Å². The lowest BCUT2D eigenvalue weighted by Gasteiger charge is -2.36. The fourth-order valence-electron chi connectivity index (χ4n) is 6.50. The van der Waals surface area contributed by atoms with Crippen molar-refractivity contribution in [2.45, 2.75) is 33.0 Å². The van der Waals surface area contributed by atoms with Gasteiger partial charge in [0.15, 0.2) is 17.3 Å². The van der Waals surface area contributed by atoms with Gasteiger partial charge >= 0.3 is 6.18 Å². The summed E-state index contributed by atoms with van der Waals surface area (Å²) in [5.41, 5.74) is 1.00. The monoisotopic (exact) mass is 748 g/mol. The summed E-state index contributed by atoms with van der Waals surface area (Å²) >= 11 is 6.14. The third kappa shape index (κ3) is 6.52. The second kappa shape index (κ2) is 13.5. The van der Waals surface area contributed by atoms with Crippen LogP contribution in [-0.4, -0.2) is 81.7 Å². The topological polar surface area (TPSA) is 156 Å². The molecule has 2 N–H and O–H groups in total. The van der Waals surface area contributed by atoms with Crippen molar-refractivity contribution in [3.8, 4) is 17.1 Å². The number of nitrogens with zero attached hydrogens (tertiary/aromatic N) is 9. The highest BCUT2D eigenvalue weighted by atomic mass is 35.5. The van der Waals surface area contributed by atoms with Gasteiger partial charge in [-0.2, -0.15) is 22.7 Å². The molecule has 1 aliphatic heterocycles. The number of rotatable bonds is 7. The average Bonchev–Trinajstić information content (AvgIpc) is 3.75. The molecule has 6 aromatic rings. The zero-order valence-electron chi connectivity index (χ0n) is 28.6. The molecule has 0 saturated carbocycles. The zero-order valence-corrected chi connectivity index (χ0v) is 29.4. The number of benzene rings is 2. The van der Waals surface area contributed by atoms with E-state index in [0.29, 0.717) is 11.3 Å². The molecule has 53 heavy (non-hydrogen) atoms. The molecule has 0 atom stereocenters. The number of carbonyl (C=O) groups is 2. The standard InChI is InChI=1S/C35H32ClF3N10O4/c1-4-25-29(46-11-13-47(14-12-46)32(52)28-30(51)19(2)40-18-41-28)33(53)49-34(43-31(44-49)21-5-8-26-20(15-21)9-10-45(26)3)48(25)17-27(50)42-24-7-6-22(16-23(24)36)35(37,38)39/h5-10,15-16,18,51H,4,11-14,17H2,1-3H3,(H,42,50). The quantitative estimate of drug-likeness (QED) is 0.237. The SMILES string of the molecule is CCc1c(N2CCN(C(=O)c3ncnc(C)c3O)CC2)c(=O)n2nc(-c3ccc4c(ccn4C)c3)nc2n1CC(=O)Nc1ccc(C(F)(F)F)cc1Cl. The van der Waals surface area contributed by atoms with E-state index < -0.39 is 35.7 Å². The molecule has 0 bridgehead atoms. The number of hydrogen-bond acceptors (Lipinski definition) is 9. The van der Waals surface area contributed by atoms with Crippen molar-refractivity contribution in [1.29, 1.82) is 0 Å². The van der Waals surface area contributed by atoms with E-state index in [4.69, 9.17) is 16.6 Å². The van der Waals surface area contributed by atoms with Crippen LogP contribution in [0.15, 0.2) is 59.8 Å². The van der Waals surface area contributed by atoms with Crippen LogP contribution in [0.4, 0.5) is 24.5 Å². The smallest absolute Gasteiger partial charge is 0.416 e. The highest BCUT2D eigenvalue weighted by Gasteiger charge is 2.32. The molecule has 0 unspecified atom stereocenters. The van der Waals surface area contributed by atoms with E-state index in [1.165, 1.54) is 11.2 Å². The lowest BCUT2D eigenvalue weighted by molar-refractivity contribution is -0.137. The van der Waals surface area contributed by atoms with Crippen molar-refractivity contribution in [2.75, 3.05) is 36.4 Å². The van der Waals surface area contributed by atoms with Crippen molar-refractivity contribution in [1.82, 2.24) is 38.6 Å². The van der Waals surface area contributed by atoms with Gasteiger partial charge in [-0.3, -0.25) is 14.4 Å². The van der Waals surface area contributed by atoms with Gasteiger partial charge < -0.3 is 29.4 Å². The summed E-state index contributed by atoms with van der Waals surface area (Å²) in [5.74, 6) is -1.10. The second-order valence-electron chi connectivity index (χ2n) is 12.6. The third-order valence-electron chi connectivity index (χ3n) is 9.27. The minimum Gasteiger partial charge on any atom is -0.504 e. The van der Waals surface area contributed by atoms with Crippen molar-refractivity contribution in [2.24, 2.45) is 7.05 Å². The minimum atomic E-state index is -4.62. The number of aryl methyl sites for hydroxylation is 2. The van der Waals surface area contributed by atoms with Crippen LogP contribution in [0.3, 0.4) is 0 Å². The van der Waals surface area contributed by atoms with Crippen LogP contribution < -0.4 is 15.8 Å². The highest BCUT2D eigenvalue weighted by molar-refractivity contribution is 6.33. The van der Waals surface area contributed by atoms with Crippen molar-refractivity contribution in [3.63, 3.8) is 0 Å². The summed E-state index contributed by atoms with van der Waals surface area (Å²) < 4.78 is 44.4. The van der Waals surface area contributed by atoms with Gasteiger partial charge in [-0.15, -0.1) is 5.10 Å². The van der Waals surface area contributed by atoms with Crippen molar-refractivity contribution >= 4 is 51.5 Å². The molecular weight excluding hydrogens is 717 g/mol. The number of halogens is 4. The molecule has 274 valence electrons. The number of piperazine rings is 1. The first kappa shape index (κ1) is 35.4. The van der Waals surface area contributed by atoms with Crippen molar-refractivity contribution < 1.29 is 27.9 Å². The Morgan fingerprint density at radius 1 is 1.04 bits per heavy atom. The lowest BCUT2D eigenvalue weighted by atomic mass is 10.1. The molecule has 1 fully saturated rings. The number of amides is 2. The van der Waals surface area contributed by atoms with E-state index in [1.54, 1.807) is 11.5 Å². The van der Waals surface area contributed by atoms with Crippen LogP contribution in [0.2, 0.25) is 5.02 Å². The summed E-state index contributed by atoms with van der Waals surface area (Å²) in [7, 11) is 1.92. The maximum Gasteiger partial charge on any atom is 0.416 e. The van der Waals surface area contributed by atoms with Crippen LogP contribution in [0.25, 0.3) is 28.1 Å². The summed E-state index contributed by atoms with van der Waals surface area (Å²) in [6.45, 7) is 3.82. The lowest BCUT2D eigenvalue weighted by Crippen LogP contribution is -2.51. The molecule has 18 heteroatoms. The fourth-order valence-corrected chi connectivity index (χ4v) is 6.73. The number of alkyl halides is 3. The number of aromatic hydroxyl groups is 1. The second-order valence-corrected chi connectivity index (χ2v) is 13.0. The number of aromatic nitrogens is 7. The molecule has 0 spiro atoms. The molecule has 5 heterocycles. The van der Waals surface area contributed by atoms with E-state index >= 15 is 0 Å². The van der Waals surface area contributed by atoms with Crippen molar-refractivity contribution in [3.05, 3.63) is 93.0 Å². The Balaban J connectivity index is 1.27. The molecule has 14 nitrogen and oxygen atoms in total. The largest absolute Gasteiger partial charge is 0.504 e. The first-order chi connectivity index (χ1) is 25.2. The highest BCUT2D eigenvalue weighted by Crippen LogP contribution is 2.34. The van der Waals surface area contributed by atoms with Gasteiger partial charge in [0.05, 0.1) is 27.7 Å². The predicted molar refractivity (Wildman–Crippen MR) is 190 cm³/mol. The van der Waals surface area contributed by atoms with E-state index in [2.05, 4.69) is 20.4 Å². The third-order valence-corrected chi connectivity index (χ3v) is 9.58. The molecular formula is C35H32ClF3N10O4. The Kier molecular flexibility index (Phi) is 9.05. The Bertz CT molecular complexity index is 2480. The summed E-state index contributed by atoms with van der Waals surface area (Å²) in [4.78, 5) is 57.1. The first-order valence-corrected chi connectivity index (χ1v) is 16.9. The molecule has 1 saturated heterocycles. The summed E-state index contributed by atoms with van der Waals surface area (Å²) in [6.07, 6.45) is -1.22. The fraction of sp³-hybridized carbons (Fsp3) is 0.286. The molecule has 4 aromatic heterocycles. The number of carbonyl (C=O) groups excluding carboxylic acids is 2. The Hall–Kier alpha value is -5.97. The summed E-state index contributed by atoms with van der Waals surface area (Å²) in [6, 6.07) is 10.2. The van der Waals surface area contributed by atoms with Gasteiger partial charge in [-0.05, 0) is 55.8 Å². The predicted octanol–water partition coefficient (Wildman–Crippen LogP) is 4.69. The van der Waals surface area contributed by atoms with Crippen LogP contribution in [-0.2, 0) is 31.0 Å². The van der Waals surface area contributed by atoms with Gasteiger partial charge in [0, 0.05) is 55.9 Å². The number of anilines is 2. The van der Waals surface area contributed by atoms with Gasteiger partial charge in [0.25, 0.3) is 11.5 Å². The zero-order chi connectivity index (χ0) is 37.8. The summed E-state index contributed by atoms with van der Waals surface area (Å²) in [5, 5.41) is 18.2. The van der Waals surface area contributed by atoms with Gasteiger partial charge in [-0.1, -0.05) is 18.5 Å². The van der Waals surface area contributed by atoms with Crippen LogP contribution in [0.5, 0.6) is 5.75 Å². The first-order valence-electron chi connectivity index (χ1n) is 16.5. The van der Waals surface area contributed by atoms with Gasteiger partial charge in [0.1, 0.15) is 18.6 Å². The Morgan fingerprint density at radius 2 is 1.79 bits per heavy atom. The van der Waals surface area contributed by atoms with Gasteiger partial charge in [-0.25, -0.2) is 9.97 Å². The van der Waals surface area contributed by atoms with Crippen LogP contribution >= 0.6 is 11.6 Å². The maximum atomic E-state index is 14.3.